The smallest absolute Gasteiger partial charge is 0.244 e. The minimum absolute atomic E-state index is 0.0253. The summed E-state index contributed by atoms with van der Waals surface area (Å²) in [6.07, 6.45) is 5.11. The Morgan fingerprint density at radius 2 is 2.04 bits per heavy atom. The second kappa shape index (κ2) is 7.63. The third-order valence-corrected chi connectivity index (χ3v) is 5.22. The van der Waals surface area contributed by atoms with Crippen LogP contribution in [0.5, 0.6) is 5.75 Å². The van der Waals surface area contributed by atoms with Crippen LogP contribution < -0.4 is 9.64 Å². The number of piperazine rings is 1. The monoisotopic (exact) mass is 403 g/mol. The lowest BCUT2D eigenvalue weighted by molar-refractivity contribution is -0.132. The van der Waals surface area contributed by atoms with Crippen LogP contribution in [0, 0.1) is 5.82 Å². The van der Waals surface area contributed by atoms with Crippen LogP contribution in [0.2, 0.25) is 5.02 Å². The molecule has 7 nitrogen and oxygen atoms in total. The summed E-state index contributed by atoms with van der Waals surface area (Å²) >= 11 is 5.97. The first-order valence-corrected chi connectivity index (χ1v) is 9.26. The first kappa shape index (κ1) is 18.5. The van der Waals surface area contributed by atoms with Crippen LogP contribution in [0.4, 0.5) is 10.1 Å². The van der Waals surface area contributed by atoms with Crippen LogP contribution in [0.1, 0.15) is 0 Å². The number of ether oxygens (including phenoxy) is 1. The van der Waals surface area contributed by atoms with E-state index in [2.05, 4.69) is 10.1 Å². The molecule has 1 aromatic carbocycles. The minimum Gasteiger partial charge on any atom is -0.495 e. The zero-order valence-electron chi connectivity index (χ0n) is 15.3. The van der Waals surface area contributed by atoms with Crippen molar-refractivity contribution in [2.75, 3.05) is 38.2 Å². The number of pyridine rings is 1. The molecule has 3 aromatic rings. The molecule has 0 atom stereocenters. The number of hydrogen-bond acceptors (Lipinski definition) is 5. The van der Waals surface area contributed by atoms with Gasteiger partial charge in [-0.2, -0.15) is 5.10 Å². The highest BCUT2D eigenvalue weighted by Gasteiger charge is 2.24. The molecule has 1 aliphatic rings. The summed E-state index contributed by atoms with van der Waals surface area (Å²) in [7, 11) is 1.49. The summed E-state index contributed by atoms with van der Waals surface area (Å²) in [5.41, 5.74) is 1.25. The Morgan fingerprint density at radius 3 is 2.79 bits per heavy atom. The largest absolute Gasteiger partial charge is 0.495 e. The van der Waals surface area contributed by atoms with E-state index in [0.717, 1.165) is 10.9 Å². The zero-order valence-corrected chi connectivity index (χ0v) is 16.1. The van der Waals surface area contributed by atoms with Gasteiger partial charge in [-0.25, -0.2) is 4.39 Å². The topological polar surface area (TPSA) is 63.5 Å². The molecular formula is C19H19ClFN5O2. The van der Waals surface area contributed by atoms with E-state index in [1.165, 1.54) is 13.2 Å². The summed E-state index contributed by atoms with van der Waals surface area (Å²) in [5.74, 6) is -0.000471. The van der Waals surface area contributed by atoms with Gasteiger partial charge in [0, 0.05) is 43.8 Å². The third kappa shape index (κ3) is 3.47. The van der Waals surface area contributed by atoms with Gasteiger partial charge in [0.2, 0.25) is 5.91 Å². The number of benzene rings is 1. The molecule has 9 heteroatoms. The number of carbonyl (C=O) groups excluding carboxylic acids is 1. The van der Waals surface area contributed by atoms with Crippen LogP contribution in [0.25, 0.3) is 10.9 Å². The Hall–Kier alpha value is -2.87. The predicted molar refractivity (Wildman–Crippen MR) is 104 cm³/mol. The lowest BCUT2D eigenvalue weighted by atomic mass is 10.2. The van der Waals surface area contributed by atoms with Gasteiger partial charge in [-0.3, -0.25) is 14.5 Å². The van der Waals surface area contributed by atoms with Gasteiger partial charge in [0.1, 0.15) is 18.1 Å². The molecule has 4 rings (SSSR count). The first-order chi connectivity index (χ1) is 13.6. The van der Waals surface area contributed by atoms with Crippen molar-refractivity contribution in [2.45, 2.75) is 6.54 Å². The fourth-order valence-corrected chi connectivity index (χ4v) is 3.61. The minimum atomic E-state index is -0.402. The third-order valence-electron chi connectivity index (χ3n) is 4.93. The molecule has 0 N–H and O–H groups in total. The van der Waals surface area contributed by atoms with E-state index in [-0.39, 0.29) is 17.5 Å². The second-order valence-corrected chi connectivity index (χ2v) is 6.95. The van der Waals surface area contributed by atoms with Gasteiger partial charge >= 0.3 is 0 Å². The Kier molecular flexibility index (Phi) is 5.04. The normalized spacial score (nSPS) is 14.5. The highest BCUT2D eigenvalue weighted by atomic mass is 35.5. The average molecular weight is 404 g/mol. The maximum Gasteiger partial charge on any atom is 0.244 e. The number of hydrogen-bond donors (Lipinski definition) is 0. The van der Waals surface area contributed by atoms with Crippen molar-refractivity contribution in [3.8, 4) is 5.75 Å². The molecule has 0 aliphatic carbocycles. The summed E-state index contributed by atoms with van der Waals surface area (Å²) in [5, 5.41) is 5.45. The van der Waals surface area contributed by atoms with Crippen LogP contribution in [0.3, 0.4) is 0 Å². The molecule has 1 aliphatic heterocycles. The molecule has 0 saturated carbocycles. The SMILES string of the molecule is COc1cc(N2CCN(C(=O)Cn3ncc4ccncc43)CC2)c(F)cc1Cl. The average Bonchev–Trinajstić information content (AvgIpc) is 3.11. The van der Waals surface area contributed by atoms with E-state index in [0.29, 0.717) is 37.6 Å². The quantitative estimate of drug-likeness (QED) is 0.670. The number of anilines is 1. The van der Waals surface area contributed by atoms with Gasteiger partial charge in [0.25, 0.3) is 0 Å². The molecule has 28 heavy (non-hydrogen) atoms. The van der Waals surface area contributed by atoms with Gasteiger partial charge in [-0.1, -0.05) is 11.6 Å². The van der Waals surface area contributed by atoms with E-state index in [9.17, 15) is 9.18 Å². The van der Waals surface area contributed by atoms with Crippen molar-refractivity contribution in [3.63, 3.8) is 0 Å². The maximum absolute atomic E-state index is 14.3. The van der Waals surface area contributed by atoms with Crippen LogP contribution in [-0.4, -0.2) is 58.9 Å². The van der Waals surface area contributed by atoms with Crippen LogP contribution >= 0.6 is 11.6 Å². The second-order valence-electron chi connectivity index (χ2n) is 6.54. The van der Waals surface area contributed by atoms with E-state index in [1.807, 2.05) is 11.0 Å². The van der Waals surface area contributed by atoms with Crippen molar-refractivity contribution >= 4 is 34.1 Å². The van der Waals surface area contributed by atoms with E-state index in [4.69, 9.17) is 16.3 Å². The van der Waals surface area contributed by atoms with Gasteiger partial charge in [0.15, 0.2) is 0 Å². The number of methoxy groups -OCH3 is 1. The van der Waals surface area contributed by atoms with Crippen LogP contribution in [-0.2, 0) is 11.3 Å². The molecule has 0 radical (unpaired) electrons. The number of carbonyl (C=O) groups is 1. The maximum atomic E-state index is 14.3. The zero-order chi connectivity index (χ0) is 19.7. The number of halogens is 2. The van der Waals surface area contributed by atoms with Crippen LogP contribution in [0.15, 0.2) is 36.8 Å². The number of nitrogens with zero attached hydrogens (tertiary/aromatic N) is 5. The molecule has 0 unspecified atom stereocenters. The van der Waals surface area contributed by atoms with Crippen molar-refractivity contribution in [1.82, 2.24) is 19.7 Å². The van der Waals surface area contributed by atoms with Crippen molar-refractivity contribution in [2.24, 2.45) is 0 Å². The molecule has 1 saturated heterocycles. The Balaban J connectivity index is 1.42. The number of rotatable bonds is 4. The number of amides is 1. The molecule has 1 fully saturated rings. The molecule has 1 amide bonds. The van der Waals surface area contributed by atoms with E-state index in [1.54, 1.807) is 34.2 Å². The summed E-state index contributed by atoms with van der Waals surface area (Å²) in [4.78, 5) is 20.4. The summed E-state index contributed by atoms with van der Waals surface area (Å²) in [6.45, 7) is 2.20. The van der Waals surface area contributed by atoms with E-state index >= 15 is 0 Å². The molecule has 3 heterocycles. The van der Waals surface area contributed by atoms with E-state index < -0.39 is 5.82 Å². The molecule has 0 bridgehead atoms. The highest BCUT2D eigenvalue weighted by molar-refractivity contribution is 6.32. The van der Waals surface area contributed by atoms with Crippen molar-refractivity contribution in [3.05, 3.63) is 47.6 Å². The Labute approximate surface area is 166 Å². The predicted octanol–water partition coefficient (Wildman–Crippen LogP) is 2.58. The van der Waals surface area contributed by atoms with Gasteiger partial charge in [-0.05, 0) is 12.1 Å². The molecule has 2 aromatic heterocycles. The van der Waals surface area contributed by atoms with Crippen molar-refractivity contribution in [1.29, 1.82) is 0 Å². The fourth-order valence-electron chi connectivity index (χ4n) is 3.38. The molecule has 0 spiro atoms. The standard InChI is InChI=1S/C19H19ClFN5O2/c1-28-18-9-16(15(21)8-14(18)20)24-4-6-25(7-5-24)19(27)12-26-17-11-22-3-2-13(17)10-23-26/h2-3,8-11H,4-7,12H2,1H3. The summed E-state index contributed by atoms with van der Waals surface area (Å²) < 4.78 is 21.2. The summed E-state index contributed by atoms with van der Waals surface area (Å²) in [6, 6.07) is 4.71. The van der Waals surface area contributed by atoms with Crippen molar-refractivity contribution < 1.29 is 13.9 Å². The highest BCUT2D eigenvalue weighted by Crippen LogP contribution is 2.32. The number of aromatic nitrogens is 3. The van der Waals surface area contributed by atoms with Gasteiger partial charge in [0.05, 0.1) is 35.7 Å². The van der Waals surface area contributed by atoms with Gasteiger partial charge < -0.3 is 14.5 Å². The lowest BCUT2D eigenvalue weighted by Crippen LogP contribution is -2.49. The first-order valence-electron chi connectivity index (χ1n) is 8.88. The Bertz CT molecular complexity index is 1020. The Morgan fingerprint density at radius 1 is 1.25 bits per heavy atom. The lowest BCUT2D eigenvalue weighted by Gasteiger charge is -2.36. The number of fused-ring (bicyclic) bond motifs is 1. The molecular weight excluding hydrogens is 385 g/mol. The fraction of sp³-hybridized carbons (Fsp3) is 0.316. The molecule has 146 valence electrons. The van der Waals surface area contributed by atoms with Gasteiger partial charge in [-0.15, -0.1) is 0 Å².